The highest BCUT2D eigenvalue weighted by Gasteiger charge is 2.37. The highest BCUT2D eigenvalue weighted by molar-refractivity contribution is 5.92. The minimum atomic E-state index is -0.854. The number of alkyl carbamates (subject to hydrolysis) is 1. The summed E-state index contributed by atoms with van der Waals surface area (Å²) in [5.41, 5.74) is 3.01. The summed E-state index contributed by atoms with van der Waals surface area (Å²) in [4.78, 5) is 41.6. The number of benzene rings is 2. The maximum Gasteiger partial charge on any atom is 0.408 e. The van der Waals surface area contributed by atoms with Crippen molar-refractivity contribution >= 4 is 17.9 Å². The molecule has 0 aliphatic carbocycles. The van der Waals surface area contributed by atoms with E-state index in [1.54, 1.807) is 25.7 Å². The monoisotopic (exact) mass is 495 g/mol. The molecule has 196 valence electrons. The number of carbonyl (C=O) groups excluding carboxylic acids is 3. The van der Waals surface area contributed by atoms with Crippen molar-refractivity contribution in [2.45, 2.75) is 79.6 Å². The Labute approximate surface area is 215 Å². The van der Waals surface area contributed by atoms with Crippen molar-refractivity contribution in [2.75, 3.05) is 6.54 Å². The largest absolute Gasteiger partial charge is 0.444 e. The molecule has 2 aromatic rings. The van der Waals surface area contributed by atoms with Crippen LogP contribution < -0.4 is 10.6 Å². The molecule has 2 unspecified atom stereocenters. The normalized spacial score (nSPS) is 13.0. The fourth-order valence-electron chi connectivity index (χ4n) is 3.99. The number of nitrogens with one attached hydrogen (secondary N) is 2. The highest BCUT2D eigenvalue weighted by Crippen LogP contribution is 2.28. The molecule has 2 rings (SSSR count). The van der Waals surface area contributed by atoms with Gasteiger partial charge in [-0.25, -0.2) is 4.79 Å². The molecule has 0 bridgehead atoms. The van der Waals surface area contributed by atoms with E-state index in [2.05, 4.69) is 10.6 Å². The fourth-order valence-corrected chi connectivity index (χ4v) is 3.99. The van der Waals surface area contributed by atoms with Gasteiger partial charge in [-0.05, 0) is 69.7 Å². The van der Waals surface area contributed by atoms with E-state index in [4.69, 9.17) is 4.74 Å². The first-order chi connectivity index (χ1) is 16.9. The molecule has 0 radical (unpaired) electrons. The molecule has 0 heterocycles. The van der Waals surface area contributed by atoms with Crippen LogP contribution >= 0.6 is 0 Å². The molecule has 0 fully saturated rings. The number of hydrogen-bond donors (Lipinski definition) is 2. The van der Waals surface area contributed by atoms with E-state index < -0.39 is 23.8 Å². The Bertz CT molecular complexity index is 1040. The quantitative estimate of drug-likeness (QED) is 0.509. The van der Waals surface area contributed by atoms with Crippen LogP contribution in [0.15, 0.2) is 48.5 Å². The molecule has 2 atom stereocenters. The molecule has 2 N–H and O–H groups in total. The Hall–Kier alpha value is -3.35. The second-order valence-electron chi connectivity index (χ2n) is 10.4. The van der Waals surface area contributed by atoms with E-state index in [-0.39, 0.29) is 24.3 Å². The van der Waals surface area contributed by atoms with Crippen LogP contribution in [-0.2, 0) is 20.9 Å². The van der Waals surface area contributed by atoms with Gasteiger partial charge in [0.2, 0.25) is 11.8 Å². The number of hydrogen-bond acceptors (Lipinski definition) is 4. The predicted octanol–water partition coefficient (Wildman–Crippen LogP) is 5.06. The van der Waals surface area contributed by atoms with Crippen molar-refractivity contribution in [3.63, 3.8) is 0 Å². The van der Waals surface area contributed by atoms with Gasteiger partial charge >= 0.3 is 6.09 Å². The lowest BCUT2D eigenvalue weighted by atomic mass is 9.94. The number of likely N-dealkylation sites (N-methyl/N-ethyl adjacent to an activating group) is 1. The number of ether oxygens (including phenoxy) is 1. The van der Waals surface area contributed by atoms with Crippen LogP contribution in [0.2, 0.25) is 0 Å². The second kappa shape index (κ2) is 12.6. The lowest BCUT2D eigenvalue weighted by Crippen LogP contribution is -2.54. The third-order valence-electron chi connectivity index (χ3n) is 6.04. The van der Waals surface area contributed by atoms with Crippen LogP contribution in [0.4, 0.5) is 4.79 Å². The van der Waals surface area contributed by atoms with Crippen LogP contribution in [0, 0.1) is 19.8 Å². The second-order valence-corrected chi connectivity index (χ2v) is 10.4. The Morgan fingerprint density at radius 1 is 0.972 bits per heavy atom. The lowest BCUT2D eigenvalue weighted by Gasteiger charge is -2.35. The van der Waals surface area contributed by atoms with Crippen molar-refractivity contribution in [3.8, 4) is 0 Å². The number of amides is 3. The van der Waals surface area contributed by atoms with Gasteiger partial charge in [0, 0.05) is 13.1 Å². The molecule has 0 saturated heterocycles. The minimum absolute atomic E-state index is 0.217. The average Bonchev–Trinajstić information content (AvgIpc) is 2.80. The van der Waals surface area contributed by atoms with Gasteiger partial charge in [-0.15, -0.1) is 0 Å². The van der Waals surface area contributed by atoms with Crippen LogP contribution in [0.25, 0.3) is 0 Å². The van der Waals surface area contributed by atoms with Gasteiger partial charge < -0.3 is 20.3 Å². The molecular formula is C29H41N3O4. The summed E-state index contributed by atoms with van der Waals surface area (Å²) >= 11 is 0. The van der Waals surface area contributed by atoms with E-state index in [1.165, 1.54) is 0 Å². The Morgan fingerprint density at radius 3 is 2.17 bits per heavy atom. The number of carbonyl (C=O) groups is 3. The number of aryl methyl sites for hydroxylation is 1. The minimum Gasteiger partial charge on any atom is -0.444 e. The van der Waals surface area contributed by atoms with Gasteiger partial charge in [0.05, 0.1) is 0 Å². The third-order valence-corrected chi connectivity index (χ3v) is 6.04. The number of rotatable bonds is 9. The maximum atomic E-state index is 13.9. The molecule has 0 aromatic heterocycles. The summed E-state index contributed by atoms with van der Waals surface area (Å²) < 4.78 is 5.40. The molecule has 3 amide bonds. The molecule has 0 saturated carbocycles. The van der Waals surface area contributed by atoms with Crippen LogP contribution in [0.5, 0.6) is 0 Å². The Balaban J connectivity index is 2.42. The van der Waals surface area contributed by atoms with E-state index in [0.717, 1.165) is 22.3 Å². The molecule has 7 heteroatoms. The zero-order valence-corrected chi connectivity index (χ0v) is 22.8. The number of nitrogens with zero attached hydrogens (tertiary/aromatic N) is 1. The summed E-state index contributed by atoms with van der Waals surface area (Å²) in [6, 6.07) is 13.7. The fraction of sp³-hybridized carbons (Fsp3) is 0.483. The van der Waals surface area contributed by atoms with Gasteiger partial charge in [-0.2, -0.15) is 0 Å². The molecule has 36 heavy (non-hydrogen) atoms. The van der Waals surface area contributed by atoms with Crippen molar-refractivity contribution in [2.24, 2.45) is 5.92 Å². The van der Waals surface area contributed by atoms with E-state index >= 15 is 0 Å². The maximum absolute atomic E-state index is 13.9. The first-order valence-electron chi connectivity index (χ1n) is 12.5. The predicted molar refractivity (Wildman–Crippen MR) is 142 cm³/mol. The molecule has 0 spiro atoms. The highest BCUT2D eigenvalue weighted by atomic mass is 16.6. The standard InChI is InChI=1S/C29H41N3O4/c1-9-32(27(34)24(19(2)3)31-28(35)36-29(6,7)8)25(23-17-13-14-20(4)21(23)5)26(33)30-18-22-15-11-10-12-16-22/h10-17,19,24-25H,9,18H2,1-8H3,(H,30,33)(H,31,35). The topological polar surface area (TPSA) is 87.7 Å². The van der Waals surface area contributed by atoms with Crippen molar-refractivity contribution < 1.29 is 19.1 Å². The molecule has 0 aliphatic heterocycles. The van der Waals surface area contributed by atoms with E-state index in [0.29, 0.717) is 6.54 Å². The third kappa shape index (κ3) is 7.83. The summed E-state index contributed by atoms with van der Waals surface area (Å²) in [6.07, 6.45) is -0.664. The summed E-state index contributed by atoms with van der Waals surface area (Å²) in [5, 5.41) is 5.74. The van der Waals surface area contributed by atoms with Gasteiger partial charge in [0.15, 0.2) is 0 Å². The van der Waals surface area contributed by atoms with Crippen LogP contribution in [-0.4, -0.2) is 41.0 Å². The van der Waals surface area contributed by atoms with E-state index in [9.17, 15) is 14.4 Å². The first kappa shape index (κ1) is 28.9. The zero-order valence-electron chi connectivity index (χ0n) is 22.8. The van der Waals surface area contributed by atoms with Crippen molar-refractivity contribution in [3.05, 3.63) is 70.8 Å². The van der Waals surface area contributed by atoms with Crippen molar-refractivity contribution in [1.82, 2.24) is 15.5 Å². The van der Waals surface area contributed by atoms with Crippen LogP contribution in [0.3, 0.4) is 0 Å². The molecule has 7 nitrogen and oxygen atoms in total. The zero-order chi connectivity index (χ0) is 27.0. The SMILES string of the molecule is CCN(C(=O)C(NC(=O)OC(C)(C)C)C(C)C)C(C(=O)NCc1ccccc1)c1cccc(C)c1C. The lowest BCUT2D eigenvalue weighted by molar-refractivity contribution is -0.143. The average molecular weight is 496 g/mol. The van der Waals surface area contributed by atoms with Gasteiger partial charge in [0.25, 0.3) is 0 Å². The van der Waals surface area contributed by atoms with Gasteiger partial charge in [-0.1, -0.05) is 62.4 Å². The first-order valence-corrected chi connectivity index (χ1v) is 12.5. The van der Waals surface area contributed by atoms with Crippen molar-refractivity contribution in [1.29, 1.82) is 0 Å². The Morgan fingerprint density at radius 2 is 1.61 bits per heavy atom. The molecule has 2 aromatic carbocycles. The molecule has 0 aliphatic rings. The Kier molecular flexibility index (Phi) is 10.1. The summed E-state index contributed by atoms with van der Waals surface area (Å²) in [6.45, 7) is 15.4. The molecular weight excluding hydrogens is 454 g/mol. The van der Waals surface area contributed by atoms with Gasteiger partial charge in [-0.3, -0.25) is 9.59 Å². The van der Waals surface area contributed by atoms with Gasteiger partial charge in [0.1, 0.15) is 17.7 Å². The smallest absolute Gasteiger partial charge is 0.408 e. The van der Waals surface area contributed by atoms with Crippen LogP contribution in [0.1, 0.15) is 69.8 Å². The van der Waals surface area contributed by atoms with E-state index in [1.807, 2.05) is 83.1 Å². The summed E-state index contributed by atoms with van der Waals surface area (Å²) in [7, 11) is 0. The summed E-state index contributed by atoms with van der Waals surface area (Å²) in [5.74, 6) is -0.827.